The van der Waals surface area contributed by atoms with Crippen LogP contribution in [0.4, 0.5) is 21.5 Å². The molecule has 2 heterocycles. The van der Waals surface area contributed by atoms with Crippen LogP contribution in [0.1, 0.15) is 24.0 Å². The number of halogens is 2. The summed E-state index contributed by atoms with van der Waals surface area (Å²) in [7, 11) is 2.78. The van der Waals surface area contributed by atoms with E-state index in [4.69, 9.17) is 21.1 Å². The van der Waals surface area contributed by atoms with E-state index in [1.54, 1.807) is 48.6 Å². The van der Waals surface area contributed by atoms with E-state index in [0.717, 1.165) is 9.91 Å². The van der Waals surface area contributed by atoms with Crippen LogP contribution in [0.5, 0.6) is 17.2 Å². The number of hydrogen-bond acceptors (Lipinski definition) is 10. The van der Waals surface area contributed by atoms with Crippen LogP contribution in [0, 0.1) is 45.5 Å². The van der Waals surface area contributed by atoms with Crippen molar-refractivity contribution in [3.63, 3.8) is 0 Å². The molecule has 2 aliphatic carbocycles. The molecule has 0 unspecified atom stereocenters. The SMILES string of the molecule is COc1cc(C=C[C@H]2C3=CC[C@@H]4C(=O)N(c5ccc([N+](=O)[O-])cc5)C(=O)[C@@H]4[C@@H]3C[C@H]3C(=O)N(Nc4ccc(F)cc4)C(=O)[C@@]23c2ccc(Cl)cc2)cc(OC)c1O. The number of nitrogens with one attached hydrogen (secondary N) is 1. The van der Waals surface area contributed by atoms with Crippen LogP contribution in [-0.2, 0) is 24.6 Å². The molecule has 0 bridgehead atoms. The van der Waals surface area contributed by atoms with Gasteiger partial charge in [0.2, 0.25) is 17.6 Å². The highest BCUT2D eigenvalue weighted by atomic mass is 35.5. The average molecular weight is 793 g/mol. The Balaban J connectivity index is 1.29. The molecular weight excluding hydrogens is 759 g/mol. The first-order valence-electron chi connectivity index (χ1n) is 18.0. The predicted octanol–water partition coefficient (Wildman–Crippen LogP) is 6.85. The number of hydrazine groups is 1. The summed E-state index contributed by atoms with van der Waals surface area (Å²) in [5, 5.41) is 23.3. The van der Waals surface area contributed by atoms with Gasteiger partial charge in [-0.2, -0.15) is 5.01 Å². The zero-order valence-electron chi connectivity index (χ0n) is 30.4. The molecule has 3 fully saturated rings. The van der Waals surface area contributed by atoms with E-state index in [1.807, 2.05) is 6.08 Å². The number of fused-ring (bicyclic) bond motifs is 4. The number of nitro benzene ring substituents is 1. The number of ether oxygens (including phenoxy) is 2. The third kappa shape index (κ3) is 5.90. The number of hydrogen-bond donors (Lipinski definition) is 2. The maximum atomic E-state index is 15.3. The summed E-state index contributed by atoms with van der Waals surface area (Å²) >= 11 is 6.36. The number of allylic oxidation sites excluding steroid dienone is 3. The van der Waals surface area contributed by atoms with Gasteiger partial charge < -0.3 is 14.6 Å². The molecule has 2 N–H and O–H groups in total. The molecule has 57 heavy (non-hydrogen) atoms. The minimum Gasteiger partial charge on any atom is -0.502 e. The number of aromatic hydroxyl groups is 1. The number of carbonyl (C=O) groups excluding carboxylic acids is 4. The Labute approximate surface area is 330 Å². The summed E-state index contributed by atoms with van der Waals surface area (Å²) in [6.07, 6.45) is 5.55. The number of nitrogens with zero attached hydrogens (tertiary/aromatic N) is 3. The highest BCUT2D eigenvalue weighted by Crippen LogP contribution is 2.62. The van der Waals surface area contributed by atoms with E-state index >= 15 is 4.79 Å². The van der Waals surface area contributed by atoms with E-state index < -0.39 is 69.4 Å². The minimum atomic E-state index is -1.60. The van der Waals surface area contributed by atoms with Crippen molar-refractivity contribution in [2.75, 3.05) is 24.5 Å². The van der Waals surface area contributed by atoms with Gasteiger partial charge in [0.15, 0.2) is 11.5 Å². The molecule has 0 radical (unpaired) electrons. The second kappa shape index (κ2) is 14.2. The first-order valence-corrected chi connectivity index (χ1v) is 18.4. The van der Waals surface area contributed by atoms with Crippen LogP contribution in [0.25, 0.3) is 6.08 Å². The highest BCUT2D eigenvalue weighted by Gasteiger charge is 2.69. The van der Waals surface area contributed by atoms with Crippen molar-refractivity contribution < 1.29 is 43.1 Å². The summed E-state index contributed by atoms with van der Waals surface area (Å²) in [5.74, 6) is -6.98. The number of benzene rings is 4. The summed E-state index contributed by atoms with van der Waals surface area (Å²) in [5.41, 5.74) is 3.25. The normalized spacial score (nSPS) is 25.3. The van der Waals surface area contributed by atoms with Gasteiger partial charge in [0.25, 0.3) is 17.5 Å². The van der Waals surface area contributed by atoms with Crippen LogP contribution in [0.2, 0.25) is 5.02 Å². The van der Waals surface area contributed by atoms with Crippen LogP contribution in [0.15, 0.2) is 103 Å². The fourth-order valence-electron chi connectivity index (χ4n) is 9.10. The second-order valence-electron chi connectivity index (χ2n) is 14.3. The van der Waals surface area contributed by atoms with Gasteiger partial charge in [-0.3, -0.25) is 39.6 Å². The van der Waals surface area contributed by atoms with E-state index in [-0.39, 0.29) is 47.2 Å². The smallest absolute Gasteiger partial charge is 0.269 e. The van der Waals surface area contributed by atoms with Gasteiger partial charge in [0.1, 0.15) is 5.82 Å². The van der Waals surface area contributed by atoms with Gasteiger partial charge in [-0.25, -0.2) is 4.39 Å². The highest BCUT2D eigenvalue weighted by molar-refractivity contribution is 6.30. The molecule has 13 nitrogen and oxygen atoms in total. The second-order valence-corrected chi connectivity index (χ2v) is 14.8. The Hall–Kier alpha value is -6.54. The van der Waals surface area contributed by atoms with E-state index in [2.05, 4.69) is 5.43 Å². The van der Waals surface area contributed by atoms with Crippen molar-refractivity contribution in [3.05, 3.63) is 135 Å². The van der Waals surface area contributed by atoms with Crippen molar-refractivity contribution in [3.8, 4) is 17.2 Å². The van der Waals surface area contributed by atoms with Crippen LogP contribution in [0.3, 0.4) is 0 Å². The number of rotatable bonds is 9. The van der Waals surface area contributed by atoms with Crippen molar-refractivity contribution in [2.24, 2.45) is 29.6 Å². The predicted molar refractivity (Wildman–Crippen MR) is 206 cm³/mol. The molecule has 0 spiro atoms. The lowest BCUT2D eigenvalue weighted by atomic mass is 9.50. The lowest BCUT2D eigenvalue weighted by molar-refractivity contribution is -0.384. The Kier molecular flexibility index (Phi) is 9.31. The number of non-ortho nitro benzene ring substituents is 1. The topological polar surface area (TPSA) is 169 Å². The number of nitro groups is 1. The average Bonchev–Trinajstić information content (AvgIpc) is 3.59. The van der Waals surface area contributed by atoms with Gasteiger partial charge in [0.05, 0.1) is 53.7 Å². The zero-order valence-corrected chi connectivity index (χ0v) is 31.2. The standard InChI is InChI=1S/C42H34ClFN4O9/c1-56-34-19-22(20-35(57-2)37(34)49)3-18-32-29-16-17-30-36(40(52)46(38(30)50)27-12-14-28(15-13-27)48(54)55)31(29)21-33-39(51)47(45-26-10-8-25(44)9-11-26)41(53)42(32,33)23-4-6-24(43)7-5-23/h3-16,18-20,30-33,36,45,49H,17,21H2,1-2H3/t30-,31+,32-,33-,36-,42-/m0/s1. The maximum absolute atomic E-state index is 15.3. The zero-order chi connectivity index (χ0) is 40.3. The molecule has 8 rings (SSSR count). The molecule has 2 saturated heterocycles. The Morgan fingerprint density at radius 2 is 1.56 bits per heavy atom. The lowest BCUT2D eigenvalue weighted by Crippen LogP contribution is -2.54. The summed E-state index contributed by atoms with van der Waals surface area (Å²) in [4.78, 5) is 70.4. The molecule has 6 atom stereocenters. The summed E-state index contributed by atoms with van der Waals surface area (Å²) in [6, 6.07) is 20.2. The number of phenols is 1. The van der Waals surface area contributed by atoms with E-state index in [0.29, 0.717) is 21.7 Å². The molecule has 0 aromatic heterocycles. The first kappa shape index (κ1) is 37.4. The fraction of sp³-hybridized carbons (Fsp3) is 0.238. The summed E-state index contributed by atoms with van der Waals surface area (Å²) in [6.45, 7) is 0. The molecule has 15 heteroatoms. The fourth-order valence-corrected chi connectivity index (χ4v) is 9.22. The number of methoxy groups -OCH3 is 2. The van der Waals surface area contributed by atoms with Crippen LogP contribution in [-0.4, -0.2) is 52.9 Å². The number of amides is 4. The van der Waals surface area contributed by atoms with Crippen molar-refractivity contribution >= 4 is 58.4 Å². The third-order valence-electron chi connectivity index (χ3n) is 11.6. The Bertz CT molecular complexity index is 2380. The molecule has 2 aliphatic heterocycles. The molecule has 4 amide bonds. The van der Waals surface area contributed by atoms with Gasteiger partial charge in [-0.15, -0.1) is 0 Å². The van der Waals surface area contributed by atoms with Gasteiger partial charge in [-0.05, 0) is 90.6 Å². The summed E-state index contributed by atoms with van der Waals surface area (Å²) < 4.78 is 24.7. The van der Waals surface area contributed by atoms with Crippen molar-refractivity contribution in [2.45, 2.75) is 18.3 Å². The number of anilines is 2. The maximum Gasteiger partial charge on any atom is 0.269 e. The Morgan fingerprint density at radius 1 is 0.912 bits per heavy atom. The molecule has 4 aromatic carbocycles. The number of phenolic OH excluding ortho intramolecular Hbond substituents is 1. The number of carbonyl (C=O) groups is 4. The van der Waals surface area contributed by atoms with E-state index in [9.17, 15) is 34.0 Å². The van der Waals surface area contributed by atoms with Gasteiger partial charge in [-0.1, -0.05) is 47.5 Å². The lowest BCUT2D eigenvalue weighted by Gasteiger charge is -2.49. The molecule has 290 valence electrons. The molecule has 4 aliphatic rings. The first-order chi connectivity index (χ1) is 27.4. The number of imide groups is 2. The Morgan fingerprint density at radius 3 is 2.18 bits per heavy atom. The van der Waals surface area contributed by atoms with Crippen molar-refractivity contribution in [1.29, 1.82) is 0 Å². The molecule has 4 aromatic rings. The third-order valence-corrected chi connectivity index (χ3v) is 11.9. The van der Waals surface area contributed by atoms with Crippen molar-refractivity contribution in [1.82, 2.24) is 5.01 Å². The van der Waals surface area contributed by atoms with Gasteiger partial charge >= 0.3 is 0 Å². The quantitative estimate of drug-likeness (QED) is 0.0792. The van der Waals surface area contributed by atoms with Crippen LogP contribution < -0.4 is 19.8 Å². The minimum absolute atomic E-state index is 0.0140. The molecular formula is C42H34ClFN4O9. The van der Waals surface area contributed by atoms with Gasteiger partial charge in [0, 0.05) is 23.1 Å². The largest absolute Gasteiger partial charge is 0.502 e. The molecule has 1 saturated carbocycles. The van der Waals surface area contributed by atoms with Crippen LogP contribution >= 0.6 is 11.6 Å². The van der Waals surface area contributed by atoms with E-state index in [1.165, 1.54) is 62.8 Å². The monoisotopic (exact) mass is 792 g/mol.